The molecule has 20 heavy (non-hydrogen) atoms. The lowest BCUT2D eigenvalue weighted by molar-refractivity contribution is 0.931. The second kappa shape index (κ2) is 4.97. The lowest BCUT2D eigenvalue weighted by atomic mass is 10.2. The number of aromatic amines is 1. The van der Waals surface area contributed by atoms with E-state index in [4.69, 9.17) is 11.6 Å². The van der Waals surface area contributed by atoms with Crippen LogP contribution in [0.4, 0.5) is 5.82 Å². The van der Waals surface area contributed by atoms with Gasteiger partial charge in [-0.2, -0.15) is 5.10 Å². The Hall–Kier alpha value is -2.34. The molecule has 1 aromatic carbocycles. The molecule has 0 bridgehead atoms. The number of H-pyrrole nitrogens is 1. The molecular formula is C13H12ClN5O. The van der Waals surface area contributed by atoms with Crippen LogP contribution < -0.4 is 11.0 Å². The molecule has 0 atom stereocenters. The highest BCUT2D eigenvalue weighted by Crippen LogP contribution is 2.16. The Labute approximate surface area is 119 Å². The minimum atomic E-state index is -0.289. The van der Waals surface area contributed by atoms with E-state index in [0.29, 0.717) is 28.9 Å². The molecule has 2 heterocycles. The normalized spacial score (nSPS) is 10.9. The monoisotopic (exact) mass is 289 g/mol. The number of benzene rings is 1. The Bertz CT molecular complexity index is 823. The third-order valence-electron chi connectivity index (χ3n) is 2.99. The van der Waals surface area contributed by atoms with Crippen LogP contribution in [0, 0.1) is 6.92 Å². The van der Waals surface area contributed by atoms with Gasteiger partial charge < -0.3 is 5.32 Å². The molecule has 0 aliphatic rings. The van der Waals surface area contributed by atoms with E-state index in [9.17, 15) is 4.79 Å². The number of aromatic nitrogens is 4. The van der Waals surface area contributed by atoms with Gasteiger partial charge in [0.1, 0.15) is 11.6 Å². The first-order valence-corrected chi connectivity index (χ1v) is 6.45. The van der Waals surface area contributed by atoms with Gasteiger partial charge in [-0.1, -0.05) is 29.8 Å². The Morgan fingerprint density at radius 2 is 2.20 bits per heavy atom. The van der Waals surface area contributed by atoms with Crippen LogP contribution in [0.2, 0.25) is 5.02 Å². The van der Waals surface area contributed by atoms with E-state index >= 15 is 0 Å². The van der Waals surface area contributed by atoms with Crippen molar-refractivity contribution in [2.24, 2.45) is 0 Å². The van der Waals surface area contributed by atoms with Gasteiger partial charge in [0.05, 0.1) is 0 Å². The van der Waals surface area contributed by atoms with Crippen molar-refractivity contribution in [1.82, 2.24) is 19.6 Å². The van der Waals surface area contributed by atoms with Crippen molar-refractivity contribution in [3.05, 3.63) is 57.2 Å². The van der Waals surface area contributed by atoms with Gasteiger partial charge in [0, 0.05) is 17.6 Å². The molecule has 2 N–H and O–H groups in total. The van der Waals surface area contributed by atoms with Crippen LogP contribution in [0.5, 0.6) is 0 Å². The molecule has 6 nitrogen and oxygen atoms in total. The highest BCUT2D eigenvalue weighted by Gasteiger charge is 2.07. The van der Waals surface area contributed by atoms with Crippen LogP contribution in [0.1, 0.15) is 11.4 Å². The van der Waals surface area contributed by atoms with Crippen LogP contribution in [-0.2, 0) is 6.54 Å². The summed E-state index contributed by atoms with van der Waals surface area (Å²) in [5.41, 5.74) is 1.22. The first kappa shape index (κ1) is 12.7. The zero-order valence-corrected chi connectivity index (χ0v) is 11.5. The maximum Gasteiger partial charge on any atom is 0.349 e. The van der Waals surface area contributed by atoms with Gasteiger partial charge in [-0.25, -0.2) is 19.3 Å². The first-order valence-electron chi connectivity index (χ1n) is 6.07. The molecule has 0 fully saturated rings. The standard InChI is InChI=1S/C13H12ClN5O/c1-8-16-11(6-12-17-18-13(20)19(8)12)15-7-9-4-2-3-5-10(9)14/h2-6,15H,7H2,1H3,(H,18,20). The molecule has 2 aromatic heterocycles. The summed E-state index contributed by atoms with van der Waals surface area (Å²) >= 11 is 6.10. The van der Waals surface area contributed by atoms with Gasteiger partial charge in [-0.05, 0) is 18.6 Å². The third-order valence-corrected chi connectivity index (χ3v) is 3.36. The summed E-state index contributed by atoms with van der Waals surface area (Å²) in [6.07, 6.45) is 0. The van der Waals surface area contributed by atoms with Gasteiger partial charge in [-0.15, -0.1) is 0 Å². The molecule has 0 spiro atoms. The second-order valence-corrected chi connectivity index (χ2v) is 4.76. The van der Waals surface area contributed by atoms with Crippen LogP contribution in [-0.4, -0.2) is 19.6 Å². The van der Waals surface area contributed by atoms with Crippen molar-refractivity contribution in [1.29, 1.82) is 0 Å². The highest BCUT2D eigenvalue weighted by molar-refractivity contribution is 6.31. The summed E-state index contributed by atoms with van der Waals surface area (Å²) in [5, 5.41) is 10.2. The van der Waals surface area contributed by atoms with Crippen molar-refractivity contribution in [3.63, 3.8) is 0 Å². The second-order valence-electron chi connectivity index (χ2n) is 4.36. The number of halogens is 1. The smallest absolute Gasteiger partial charge is 0.349 e. The quantitative estimate of drug-likeness (QED) is 0.773. The van der Waals surface area contributed by atoms with E-state index in [2.05, 4.69) is 20.5 Å². The number of nitrogens with one attached hydrogen (secondary N) is 2. The molecule has 0 saturated heterocycles. The Kier molecular flexibility index (Phi) is 3.15. The largest absolute Gasteiger partial charge is 0.366 e. The van der Waals surface area contributed by atoms with E-state index in [1.807, 2.05) is 24.3 Å². The van der Waals surface area contributed by atoms with Crippen LogP contribution in [0.3, 0.4) is 0 Å². The lowest BCUT2D eigenvalue weighted by Crippen LogP contribution is -2.14. The summed E-state index contributed by atoms with van der Waals surface area (Å²) < 4.78 is 1.42. The fraction of sp³-hybridized carbons (Fsp3) is 0.154. The van der Waals surface area contributed by atoms with Crippen LogP contribution >= 0.6 is 11.6 Å². The predicted molar refractivity (Wildman–Crippen MR) is 77.1 cm³/mol. The number of fused-ring (bicyclic) bond motifs is 1. The molecule has 0 aliphatic heterocycles. The van der Waals surface area contributed by atoms with Crippen LogP contribution in [0.25, 0.3) is 5.65 Å². The van der Waals surface area contributed by atoms with Gasteiger partial charge in [0.15, 0.2) is 5.65 Å². The molecule has 0 amide bonds. The van der Waals surface area contributed by atoms with Gasteiger partial charge in [-0.3, -0.25) is 0 Å². The van der Waals surface area contributed by atoms with Crippen molar-refractivity contribution in [2.75, 3.05) is 5.32 Å². The molecule has 0 unspecified atom stereocenters. The van der Waals surface area contributed by atoms with Gasteiger partial charge in [0.25, 0.3) is 0 Å². The van der Waals surface area contributed by atoms with E-state index in [1.54, 1.807) is 13.0 Å². The fourth-order valence-corrected chi connectivity index (χ4v) is 2.22. The maximum atomic E-state index is 11.5. The summed E-state index contributed by atoms with van der Waals surface area (Å²) in [4.78, 5) is 15.8. The molecular weight excluding hydrogens is 278 g/mol. The van der Waals surface area contributed by atoms with E-state index in [0.717, 1.165) is 5.56 Å². The Morgan fingerprint density at radius 1 is 1.40 bits per heavy atom. The number of aryl methyl sites for hydroxylation is 1. The topological polar surface area (TPSA) is 75.1 Å². The fourth-order valence-electron chi connectivity index (χ4n) is 2.02. The number of hydrogen-bond acceptors (Lipinski definition) is 4. The average molecular weight is 290 g/mol. The first-order chi connectivity index (χ1) is 9.65. The molecule has 7 heteroatoms. The van der Waals surface area contributed by atoms with Crippen molar-refractivity contribution in [2.45, 2.75) is 13.5 Å². The number of rotatable bonds is 3. The lowest BCUT2D eigenvalue weighted by Gasteiger charge is -2.08. The Balaban J connectivity index is 1.88. The van der Waals surface area contributed by atoms with E-state index < -0.39 is 0 Å². The third kappa shape index (κ3) is 2.25. The van der Waals surface area contributed by atoms with E-state index in [1.165, 1.54) is 4.40 Å². The summed E-state index contributed by atoms with van der Waals surface area (Å²) in [6, 6.07) is 9.31. The van der Waals surface area contributed by atoms with Crippen molar-refractivity contribution >= 4 is 23.1 Å². The minimum Gasteiger partial charge on any atom is -0.366 e. The predicted octanol–water partition coefficient (Wildman–Crippen LogP) is 1.99. The molecule has 0 radical (unpaired) electrons. The summed E-state index contributed by atoms with van der Waals surface area (Å²) in [6.45, 7) is 2.31. The number of anilines is 1. The molecule has 0 saturated carbocycles. The Morgan fingerprint density at radius 3 is 3.00 bits per heavy atom. The van der Waals surface area contributed by atoms with Gasteiger partial charge >= 0.3 is 5.69 Å². The number of nitrogens with zero attached hydrogens (tertiary/aromatic N) is 3. The summed E-state index contributed by atoms with van der Waals surface area (Å²) in [7, 11) is 0. The SMILES string of the molecule is Cc1nc(NCc2ccccc2Cl)cc2n[nH]c(=O)n12. The molecule has 3 rings (SSSR count). The average Bonchev–Trinajstić information content (AvgIpc) is 2.80. The summed E-state index contributed by atoms with van der Waals surface area (Å²) in [5.74, 6) is 1.22. The number of hydrogen-bond donors (Lipinski definition) is 2. The van der Waals surface area contributed by atoms with Gasteiger partial charge in [0.2, 0.25) is 0 Å². The zero-order valence-electron chi connectivity index (χ0n) is 10.7. The maximum absolute atomic E-state index is 11.5. The zero-order chi connectivity index (χ0) is 14.1. The molecule has 3 aromatic rings. The van der Waals surface area contributed by atoms with E-state index in [-0.39, 0.29) is 5.69 Å². The van der Waals surface area contributed by atoms with Crippen molar-refractivity contribution in [3.8, 4) is 0 Å². The molecule has 0 aliphatic carbocycles. The minimum absolute atomic E-state index is 0.289. The van der Waals surface area contributed by atoms with Crippen molar-refractivity contribution < 1.29 is 0 Å². The highest BCUT2D eigenvalue weighted by atomic mass is 35.5. The van der Waals surface area contributed by atoms with Crippen LogP contribution in [0.15, 0.2) is 35.1 Å². The molecule has 102 valence electrons.